The van der Waals surface area contributed by atoms with Gasteiger partial charge in [-0.3, -0.25) is 0 Å². The first-order chi connectivity index (χ1) is 5.88. The molecule has 1 heterocycles. The standard InChI is InChI=1S/C8H11ClN2O/c9-5-8-10-7(11-12-8)4-6-2-1-3-6/h6H,1-5H2. The fourth-order valence-corrected chi connectivity index (χ4v) is 1.49. The summed E-state index contributed by atoms with van der Waals surface area (Å²) in [5.74, 6) is 2.45. The van der Waals surface area contributed by atoms with Crippen LogP contribution in [0, 0.1) is 5.92 Å². The van der Waals surface area contributed by atoms with Crippen molar-refractivity contribution in [2.75, 3.05) is 0 Å². The number of rotatable bonds is 3. The molecule has 1 saturated carbocycles. The zero-order valence-electron chi connectivity index (χ0n) is 6.79. The number of hydrogen-bond donors (Lipinski definition) is 0. The lowest BCUT2D eigenvalue weighted by Gasteiger charge is -2.23. The molecule has 0 radical (unpaired) electrons. The van der Waals surface area contributed by atoms with Gasteiger partial charge in [-0.15, -0.1) is 11.6 Å². The average molecular weight is 187 g/mol. The van der Waals surface area contributed by atoms with E-state index in [1.807, 2.05) is 0 Å². The van der Waals surface area contributed by atoms with E-state index in [2.05, 4.69) is 10.1 Å². The van der Waals surface area contributed by atoms with Gasteiger partial charge in [-0.25, -0.2) is 0 Å². The predicted molar refractivity (Wildman–Crippen MR) is 44.9 cm³/mol. The molecule has 0 saturated heterocycles. The molecule has 66 valence electrons. The monoisotopic (exact) mass is 186 g/mol. The highest BCUT2D eigenvalue weighted by molar-refractivity contribution is 6.16. The lowest BCUT2D eigenvalue weighted by atomic mass is 9.83. The van der Waals surface area contributed by atoms with Crippen LogP contribution in [0.15, 0.2) is 4.52 Å². The summed E-state index contributed by atoms with van der Waals surface area (Å²) < 4.78 is 4.89. The van der Waals surface area contributed by atoms with Crippen LogP contribution in [0.5, 0.6) is 0 Å². The number of hydrogen-bond acceptors (Lipinski definition) is 3. The van der Waals surface area contributed by atoms with Gasteiger partial charge in [0.2, 0.25) is 5.89 Å². The normalized spacial score (nSPS) is 17.8. The number of halogens is 1. The third kappa shape index (κ3) is 1.61. The van der Waals surface area contributed by atoms with E-state index in [1.165, 1.54) is 19.3 Å². The number of alkyl halides is 1. The second kappa shape index (κ2) is 3.44. The highest BCUT2D eigenvalue weighted by Gasteiger charge is 2.20. The van der Waals surface area contributed by atoms with Crippen molar-refractivity contribution >= 4 is 11.6 Å². The Morgan fingerprint density at radius 3 is 2.83 bits per heavy atom. The maximum Gasteiger partial charge on any atom is 0.241 e. The minimum absolute atomic E-state index is 0.317. The van der Waals surface area contributed by atoms with Gasteiger partial charge in [-0.05, 0) is 5.92 Å². The summed E-state index contributed by atoms with van der Waals surface area (Å²) in [6.45, 7) is 0. The number of aromatic nitrogens is 2. The third-order valence-corrected chi connectivity index (χ3v) is 2.55. The fraction of sp³-hybridized carbons (Fsp3) is 0.750. The Morgan fingerprint density at radius 2 is 2.33 bits per heavy atom. The fourth-order valence-electron chi connectivity index (χ4n) is 1.38. The summed E-state index contributed by atoms with van der Waals surface area (Å²) in [7, 11) is 0. The Bertz CT molecular complexity index is 257. The van der Waals surface area contributed by atoms with Gasteiger partial charge < -0.3 is 4.52 Å². The maximum atomic E-state index is 5.53. The van der Waals surface area contributed by atoms with E-state index in [1.54, 1.807) is 0 Å². The molecule has 3 nitrogen and oxygen atoms in total. The molecule has 1 aromatic rings. The second-order valence-electron chi connectivity index (χ2n) is 3.24. The van der Waals surface area contributed by atoms with Crippen molar-refractivity contribution in [1.29, 1.82) is 0 Å². The Hall–Kier alpha value is -0.570. The Labute approximate surface area is 76.1 Å². The van der Waals surface area contributed by atoms with Crippen molar-refractivity contribution in [2.45, 2.75) is 31.6 Å². The summed E-state index contributed by atoms with van der Waals surface area (Å²) in [5.41, 5.74) is 0. The lowest BCUT2D eigenvalue weighted by Crippen LogP contribution is -2.14. The Balaban J connectivity index is 1.93. The molecule has 0 aliphatic heterocycles. The third-order valence-electron chi connectivity index (χ3n) is 2.32. The molecule has 4 heteroatoms. The molecule has 0 amide bonds. The molecule has 1 fully saturated rings. The average Bonchev–Trinajstić information content (AvgIpc) is 2.44. The summed E-state index contributed by atoms with van der Waals surface area (Å²) >= 11 is 5.53. The van der Waals surface area contributed by atoms with Gasteiger partial charge in [0.15, 0.2) is 5.82 Å². The molecular weight excluding hydrogens is 176 g/mol. The highest BCUT2D eigenvalue weighted by atomic mass is 35.5. The van der Waals surface area contributed by atoms with Gasteiger partial charge >= 0.3 is 0 Å². The van der Waals surface area contributed by atoms with Crippen molar-refractivity contribution < 1.29 is 4.52 Å². The van der Waals surface area contributed by atoms with E-state index in [0.717, 1.165) is 18.2 Å². The van der Waals surface area contributed by atoms with Gasteiger partial charge in [0, 0.05) is 6.42 Å². The van der Waals surface area contributed by atoms with Crippen LogP contribution in [0.4, 0.5) is 0 Å². The van der Waals surface area contributed by atoms with Crippen LogP contribution in [0.1, 0.15) is 31.0 Å². The predicted octanol–water partition coefficient (Wildman–Crippen LogP) is 2.15. The van der Waals surface area contributed by atoms with Gasteiger partial charge in [0.05, 0.1) is 0 Å². The second-order valence-corrected chi connectivity index (χ2v) is 3.51. The van der Waals surface area contributed by atoms with Gasteiger partial charge in [-0.1, -0.05) is 24.4 Å². The minimum atomic E-state index is 0.317. The summed E-state index contributed by atoms with van der Waals surface area (Å²) in [6.07, 6.45) is 4.93. The molecule has 0 spiro atoms. The van der Waals surface area contributed by atoms with E-state index in [0.29, 0.717) is 11.8 Å². The van der Waals surface area contributed by atoms with Crippen LogP contribution >= 0.6 is 11.6 Å². The van der Waals surface area contributed by atoms with Crippen molar-refractivity contribution in [3.8, 4) is 0 Å². The maximum absolute atomic E-state index is 5.53. The molecule has 0 unspecified atom stereocenters. The SMILES string of the molecule is ClCc1nc(CC2CCC2)no1. The highest BCUT2D eigenvalue weighted by Crippen LogP contribution is 2.28. The smallest absolute Gasteiger partial charge is 0.241 e. The van der Waals surface area contributed by atoms with E-state index >= 15 is 0 Å². The molecule has 2 rings (SSSR count). The van der Waals surface area contributed by atoms with Crippen molar-refractivity contribution in [3.05, 3.63) is 11.7 Å². The van der Waals surface area contributed by atoms with Crippen molar-refractivity contribution in [3.63, 3.8) is 0 Å². The van der Waals surface area contributed by atoms with Crippen LogP contribution in [0.2, 0.25) is 0 Å². The van der Waals surface area contributed by atoms with Crippen LogP contribution < -0.4 is 0 Å². The van der Waals surface area contributed by atoms with Gasteiger partial charge in [0.25, 0.3) is 0 Å². The molecule has 12 heavy (non-hydrogen) atoms. The van der Waals surface area contributed by atoms with Crippen LogP contribution in [0.3, 0.4) is 0 Å². The molecule has 0 N–H and O–H groups in total. The van der Waals surface area contributed by atoms with E-state index in [9.17, 15) is 0 Å². The minimum Gasteiger partial charge on any atom is -0.338 e. The van der Waals surface area contributed by atoms with Crippen molar-refractivity contribution in [2.24, 2.45) is 5.92 Å². The summed E-state index contributed by atoms with van der Waals surface area (Å²) in [4.78, 5) is 4.14. The first-order valence-corrected chi connectivity index (χ1v) is 4.79. The van der Waals surface area contributed by atoms with E-state index in [-0.39, 0.29) is 0 Å². The topological polar surface area (TPSA) is 38.9 Å². The van der Waals surface area contributed by atoms with E-state index in [4.69, 9.17) is 16.1 Å². The van der Waals surface area contributed by atoms with Crippen LogP contribution in [0.25, 0.3) is 0 Å². The first-order valence-electron chi connectivity index (χ1n) is 4.26. The molecule has 1 aromatic heterocycles. The van der Waals surface area contributed by atoms with Gasteiger partial charge in [-0.2, -0.15) is 4.98 Å². The summed E-state index contributed by atoms with van der Waals surface area (Å²) in [5, 5.41) is 3.84. The lowest BCUT2D eigenvalue weighted by molar-refractivity contribution is 0.302. The molecule has 0 atom stereocenters. The van der Waals surface area contributed by atoms with Gasteiger partial charge in [0.1, 0.15) is 5.88 Å². The Morgan fingerprint density at radius 1 is 1.50 bits per heavy atom. The Kier molecular flexibility index (Phi) is 2.30. The molecule has 1 aliphatic rings. The molecule has 0 bridgehead atoms. The van der Waals surface area contributed by atoms with E-state index < -0.39 is 0 Å². The zero-order valence-corrected chi connectivity index (χ0v) is 7.55. The van der Waals surface area contributed by atoms with Crippen molar-refractivity contribution in [1.82, 2.24) is 10.1 Å². The number of nitrogens with zero attached hydrogens (tertiary/aromatic N) is 2. The molecular formula is C8H11ClN2O. The largest absolute Gasteiger partial charge is 0.338 e. The quantitative estimate of drug-likeness (QED) is 0.679. The summed E-state index contributed by atoms with van der Waals surface area (Å²) in [6, 6.07) is 0. The zero-order chi connectivity index (χ0) is 8.39. The molecule has 0 aromatic carbocycles. The van der Waals surface area contributed by atoms with Crippen LogP contribution in [-0.4, -0.2) is 10.1 Å². The van der Waals surface area contributed by atoms with Crippen LogP contribution in [-0.2, 0) is 12.3 Å². The first kappa shape index (κ1) is 8.05. The molecule has 1 aliphatic carbocycles.